The number of aliphatic hydroxyl groups is 2. The van der Waals surface area contributed by atoms with Crippen LogP contribution < -0.4 is 10.6 Å². The summed E-state index contributed by atoms with van der Waals surface area (Å²) in [7, 11) is 3.57. The van der Waals surface area contributed by atoms with Crippen molar-refractivity contribution >= 4 is 5.69 Å². The van der Waals surface area contributed by atoms with Crippen molar-refractivity contribution in [1.82, 2.24) is 5.32 Å². The molecular formula is C29H48N2O4. The number of hydrogen-bond donors (Lipinski definition) is 5. The van der Waals surface area contributed by atoms with Gasteiger partial charge in [-0.05, 0) is 68.1 Å². The second-order valence-corrected chi connectivity index (χ2v) is 7.20. The molecule has 2 rings (SSSR count). The summed E-state index contributed by atoms with van der Waals surface area (Å²) < 4.78 is 4.54. The quantitative estimate of drug-likeness (QED) is 0.197. The summed E-state index contributed by atoms with van der Waals surface area (Å²) in [4.78, 5) is 0. The third-order valence-electron chi connectivity index (χ3n) is 4.69. The molecule has 0 fully saturated rings. The zero-order valence-corrected chi connectivity index (χ0v) is 22.4. The van der Waals surface area contributed by atoms with Crippen LogP contribution in [0.4, 0.5) is 5.69 Å². The summed E-state index contributed by atoms with van der Waals surface area (Å²) in [5, 5.41) is 35.1. The van der Waals surface area contributed by atoms with Crippen LogP contribution >= 0.6 is 0 Å². The number of methoxy groups -OCH3 is 1. The number of aliphatic hydroxyl groups excluding tert-OH is 2. The number of allylic oxidation sites excluding steroid dienone is 2. The number of unbranched alkanes of at least 4 members (excludes halogenated alkanes) is 1. The lowest BCUT2D eigenvalue weighted by molar-refractivity contribution is 0.174. The Morgan fingerprint density at radius 2 is 1.60 bits per heavy atom. The number of rotatable bonds is 12. The van der Waals surface area contributed by atoms with Gasteiger partial charge in [-0.3, -0.25) is 0 Å². The van der Waals surface area contributed by atoms with Crippen molar-refractivity contribution in [3.63, 3.8) is 0 Å². The van der Waals surface area contributed by atoms with Crippen LogP contribution in [0.1, 0.15) is 56.4 Å². The molecule has 1 unspecified atom stereocenters. The highest BCUT2D eigenvalue weighted by Crippen LogP contribution is 2.22. The number of ether oxygens (including phenoxy) is 1. The second kappa shape index (κ2) is 24.5. The van der Waals surface area contributed by atoms with Crippen molar-refractivity contribution in [2.24, 2.45) is 0 Å². The van der Waals surface area contributed by atoms with Gasteiger partial charge in [0.25, 0.3) is 0 Å². The van der Waals surface area contributed by atoms with E-state index in [1.165, 1.54) is 11.6 Å². The summed E-state index contributed by atoms with van der Waals surface area (Å²) in [6.45, 7) is 14.8. The van der Waals surface area contributed by atoms with E-state index < -0.39 is 6.10 Å². The highest BCUT2D eigenvalue weighted by atomic mass is 16.5. The SMILES string of the molecule is C=CCCC=C.CC.CCOC.CNc1ccc(CCNCC(O)c2ccc(O)c(CO)c2)cc1. The molecule has 0 saturated carbocycles. The van der Waals surface area contributed by atoms with Crippen molar-refractivity contribution < 1.29 is 20.1 Å². The van der Waals surface area contributed by atoms with Gasteiger partial charge >= 0.3 is 0 Å². The lowest BCUT2D eigenvalue weighted by Crippen LogP contribution is -2.23. The molecule has 198 valence electrons. The lowest BCUT2D eigenvalue weighted by atomic mass is 10.1. The van der Waals surface area contributed by atoms with E-state index in [0.717, 1.165) is 38.1 Å². The summed E-state index contributed by atoms with van der Waals surface area (Å²) in [5.74, 6) is 0.0430. The van der Waals surface area contributed by atoms with Crippen LogP contribution in [0.15, 0.2) is 67.8 Å². The number of benzene rings is 2. The van der Waals surface area contributed by atoms with Gasteiger partial charge in [0, 0.05) is 38.6 Å². The van der Waals surface area contributed by atoms with Crippen molar-refractivity contribution in [2.45, 2.75) is 52.7 Å². The first-order valence-electron chi connectivity index (χ1n) is 12.3. The third-order valence-corrected chi connectivity index (χ3v) is 4.69. The van der Waals surface area contributed by atoms with Crippen LogP contribution in [0.3, 0.4) is 0 Å². The zero-order chi connectivity index (χ0) is 26.9. The maximum Gasteiger partial charge on any atom is 0.121 e. The molecule has 0 saturated heterocycles. The minimum atomic E-state index is -0.674. The van der Waals surface area contributed by atoms with Crippen molar-refractivity contribution in [3.8, 4) is 5.75 Å². The van der Waals surface area contributed by atoms with Gasteiger partial charge in [-0.25, -0.2) is 0 Å². The van der Waals surface area contributed by atoms with Gasteiger partial charge in [0.1, 0.15) is 5.75 Å². The van der Waals surface area contributed by atoms with Crippen LogP contribution in [0, 0.1) is 0 Å². The first-order valence-corrected chi connectivity index (χ1v) is 12.3. The predicted octanol–water partition coefficient (Wildman–Crippen LogP) is 5.61. The number of hydrogen-bond acceptors (Lipinski definition) is 6. The average molecular weight is 489 g/mol. The van der Waals surface area contributed by atoms with E-state index in [2.05, 4.69) is 40.7 Å². The molecule has 0 aliphatic heterocycles. The molecule has 1 atom stereocenters. The lowest BCUT2D eigenvalue weighted by Gasteiger charge is -2.14. The van der Waals surface area contributed by atoms with E-state index in [1.54, 1.807) is 19.2 Å². The van der Waals surface area contributed by atoms with E-state index in [-0.39, 0.29) is 12.4 Å². The molecule has 6 heteroatoms. The summed E-state index contributed by atoms with van der Waals surface area (Å²) in [6, 6.07) is 13.0. The van der Waals surface area contributed by atoms with E-state index in [0.29, 0.717) is 17.7 Å². The van der Waals surface area contributed by atoms with Gasteiger partial charge in [-0.15, -0.1) is 13.2 Å². The molecule has 35 heavy (non-hydrogen) atoms. The number of anilines is 1. The van der Waals surface area contributed by atoms with Gasteiger partial charge in [-0.2, -0.15) is 0 Å². The van der Waals surface area contributed by atoms with E-state index in [1.807, 2.05) is 52.1 Å². The Kier molecular flexibility index (Phi) is 24.2. The van der Waals surface area contributed by atoms with Gasteiger partial charge in [0.15, 0.2) is 0 Å². The minimum Gasteiger partial charge on any atom is -0.508 e. The first kappa shape index (κ1) is 34.5. The fourth-order valence-corrected chi connectivity index (χ4v) is 2.60. The van der Waals surface area contributed by atoms with Crippen LogP contribution in [0.2, 0.25) is 0 Å². The number of aromatic hydroxyl groups is 1. The van der Waals surface area contributed by atoms with E-state index in [9.17, 15) is 10.2 Å². The highest BCUT2D eigenvalue weighted by molar-refractivity contribution is 5.43. The van der Waals surface area contributed by atoms with Crippen LogP contribution in [0.5, 0.6) is 5.75 Å². The van der Waals surface area contributed by atoms with Crippen molar-refractivity contribution in [3.05, 3.63) is 84.5 Å². The van der Waals surface area contributed by atoms with Crippen LogP contribution in [-0.4, -0.2) is 49.2 Å². The van der Waals surface area contributed by atoms with E-state index in [4.69, 9.17) is 5.11 Å². The summed E-state index contributed by atoms with van der Waals surface area (Å²) in [6.07, 6.45) is 6.11. The normalized spacial score (nSPS) is 10.3. The molecule has 6 nitrogen and oxygen atoms in total. The maximum atomic E-state index is 10.2. The Morgan fingerprint density at radius 1 is 1.03 bits per heavy atom. The fraction of sp³-hybridized carbons (Fsp3) is 0.448. The standard InChI is InChI=1S/C18H24N2O3.C6H10.C3H8O.C2H6/c1-19-16-5-2-13(3-6-16)8-9-20-11-18(23)14-4-7-17(22)15(10-14)12-21;1-3-5-6-4-2;1-3-4-2;1-2/h2-7,10,18-23H,8-9,11-12H2,1H3;3-4H,1-2,5-6H2;3H2,1-2H3;1-2H3. The van der Waals surface area contributed by atoms with Gasteiger partial charge in [-0.1, -0.05) is 44.2 Å². The largest absolute Gasteiger partial charge is 0.508 e. The molecule has 2 aromatic carbocycles. The average Bonchev–Trinajstić information content (AvgIpc) is 2.92. The Balaban J connectivity index is 0. The molecule has 0 aromatic heterocycles. The Bertz CT molecular complexity index is 754. The molecule has 0 amide bonds. The maximum absolute atomic E-state index is 10.2. The predicted molar refractivity (Wildman–Crippen MR) is 150 cm³/mol. The number of phenols is 1. The molecule has 0 aliphatic rings. The monoisotopic (exact) mass is 488 g/mol. The first-order chi connectivity index (χ1) is 17.0. The van der Waals surface area contributed by atoms with Crippen molar-refractivity contribution in [1.29, 1.82) is 0 Å². The minimum absolute atomic E-state index is 0.0430. The van der Waals surface area contributed by atoms with Crippen LogP contribution in [0.25, 0.3) is 0 Å². The Morgan fingerprint density at radius 3 is 2.06 bits per heavy atom. The van der Waals surface area contributed by atoms with Gasteiger partial charge < -0.3 is 30.7 Å². The van der Waals surface area contributed by atoms with Gasteiger partial charge in [0.05, 0.1) is 12.7 Å². The zero-order valence-electron chi connectivity index (χ0n) is 22.4. The molecule has 2 aromatic rings. The molecule has 0 aliphatic carbocycles. The topological polar surface area (TPSA) is 94.0 Å². The summed E-state index contributed by atoms with van der Waals surface area (Å²) >= 11 is 0. The van der Waals surface area contributed by atoms with Crippen LogP contribution in [-0.2, 0) is 17.8 Å². The Hall–Kier alpha value is -2.64. The number of nitrogens with one attached hydrogen (secondary N) is 2. The second-order valence-electron chi connectivity index (χ2n) is 7.20. The Labute approximate surface area is 213 Å². The third kappa shape index (κ3) is 17.4. The smallest absolute Gasteiger partial charge is 0.121 e. The van der Waals surface area contributed by atoms with Gasteiger partial charge in [0.2, 0.25) is 0 Å². The highest BCUT2D eigenvalue weighted by Gasteiger charge is 2.10. The van der Waals surface area contributed by atoms with Crippen molar-refractivity contribution in [2.75, 3.05) is 39.2 Å². The molecule has 0 bridgehead atoms. The molecule has 0 spiro atoms. The molecular weight excluding hydrogens is 440 g/mol. The van der Waals surface area contributed by atoms with E-state index >= 15 is 0 Å². The molecule has 5 N–H and O–H groups in total. The molecule has 0 radical (unpaired) electrons. The fourth-order valence-electron chi connectivity index (χ4n) is 2.60. The molecule has 0 heterocycles. The summed E-state index contributed by atoms with van der Waals surface area (Å²) in [5.41, 5.74) is 3.42.